The predicted molar refractivity (Wildman–Crippen MR) is 83.1 cm³/mol. The van der Waals surface area contributed by atoms with Gasteiger partial charge in [-0.3, -0.25) is 4.79 Å². The third-order valence-corrected chi connectivity index (χ3v) is 3.98. The molecule has 5 heteroatoms. The van der Waals surface area contributed by atoms with Gasteiger partial charge in [0.15, 0.2) is 4.84 Å². The fraction of sp³-hybridized carbons (Fsp3) is 0.929. The average molecular weight is 332 g/mol. The lowest BCUT2D eigenvalue weighted by molar-refractivity contribution is -0.145. The molecule has 0 heterocycles. The Hall–Kier alpha value is 0.340. The van der Waals surface area contributed by atoms with E-state index in [0.29, 0.717) is 6.42 Å². The standard InChI is InChI=1S/C14H25Cl3O2/c1-2-3-4-5-6-7-8-9-10-11-12(18)19-14(17)13(15)16/h13-14H,2-11H2,1H3. The minimum atomic E-state index is -0.950. The molecule has 1 atom stereocenters. The molecule has 0 spiro atoms. The summed E-state index contributed by atoms with van der Waals surface area (Å²) in [6, 6.07) is 0. The molecule has 0 N–H and O–H groups in total. The van der Waals surface area contributed by atoms with Crippen LogP contribution in [0, 0.1) is 0 Å². The summed E-state index contributed by atoms with van der Waals surface area (Å²) < 4.78 is 4.85. The first kappa shape index (κ1) is 19.3. The monoisotopic (exact) mass is 330 g/mol. The van der Waals surface area contributed by atoms with Crippen LogP contribution in [0.25, 0.3) is 0 Å². The first-order valence-corrected chi connectivity index (χ1v) is 8.50. The van der Waals surface area contributed by atoms with Gasteiger partial charge in [0.2, 0.25) is 5.56 Å². The molecule has 0 aliphatic carbocycles. The van der Waals surface area contributed by atoms with E-state index in [1.54, 1.807) is 0 Å². The van der Waals surface area contributed by atoms with E-state index in [2.05, 4.69) is 6.92 Å². The number of alkyl halides is 3. The van der Waals surface area contributed by atoms with Gasteiger partial charge in [0.05, 0.1) is 0 Å². The van der Waals surface area contributed by atoms with Gasteiger partial charge < -0.3 is 4.74 Å². The number of hydrogen-bond acceptors (Lipinski definition) is 2. The molecule has 0 rings (SSSR count). The highest BCUT2D eigenvalue weighted by Crippen LogP contribution is 2.17. The Bertz CT molecular complexity index is 223. The second-order valence-corrected chi connectivity index (χ2v) is 6.35. The Labute approximate surface area is 132 Å². The fourth-order valence-electron chi connectivity index (χ4n) is 1.82. The molecule has 0 fully saturated rings. The summed E-state index contributed by atoms with van der Waals surface area (Å²) in [4.78, 5) is 10.5. The van der Waals surface area contributed by atoms with E-state index < -0.39 is 10.4 Å². The van der Waals surface area contributed by atoms with Crippen LogP contribution < -0.4 is 0 Å². The van der Waals surface area contributed by atoms with Crippen molar-refractivity contribution in [1.82, 2.24) is 0 Å². The summed E-state index contributed by atoms with van der Waals surface area (Å²) in [7, 11) is 0. The minimum Gasteiger partial charge on any atom is -0.443 e. The highest BCUT2D eigenvalue weighted by molar-refractivity contribution is 6.48. The highest BCUT2D eigenvalue weighted by atomic mass is 35.5. The Morgan fingerprint density at radius 3 is 1.84 bits per heavy atom. The summed E-state index contributed by atoms with van der Waals surface area (Å²) in [6.45, 7) is 2.22. The molecule has 0 bridgehead atoms. The van der Waals surface area contributed by atoms with Crippen molar-refractivity contribution in [2.24, 2.45) is 0 Å². The van der Waals surface area contributed by atoms with Crippen molar-refractivity contribution >= 4 is 40.8 Å². The van der Waals surface area contributed by atoms with E-state index in [0.717, 1.165) is 12.8 Å². The number of esters is 1. The molecule has 0 aromatic carbocycles. The van der Waals surface area contributed by atoms with Crippen LogP contribution in [0.2, 0.25) is 0 Å². The molecule has 0 aromatic rings. The summed E-state index contributed by atoms with van der Waals surface area (Å²) in [5.41, 5.74) is -0.950. The van der Waals surface area contributed by atoms with E-state index in [9.17, 15) is 4.79 Å². The third-order valence-electron chi connectivity index (χ3n) is 2.93. The van der Waals surface area contributed by atoms with Crippen LogP contribution >= 0.6 is 34.8 Å². The first-order chi connectivity index (χ1) is 9.07. The smallest absolute Gasteiger partial charge is 0.307 e. The van der Waals surface area contributed by atoms with Crippen molar-refractivity contribution in [2.45, 2.75) is 81.5 Å². The number of rotatable bonds is 12. The molecule has 0 saturated heterocycles. The molecule has 19 heavy (non-hydrogen) atoms. The molecule has 0 aliphatic heterocycles. The van der Waals surface area contributed by atoms with Crippen molar-refractivity contribution in [3.63, 3.8) is 0 Å². The van der Waals surface area contributed by atoms with Gasteiger partial charge in [0.1, 0.15) is 0 Å². The predicted octanol–water partition coefficient (Wildman–Crippen LogP) is 5.82. The van der Waals surface area contributed by atoms with E-state index >= 15 is 0 Å². The maximum atomic E-state index is 11.3. The summed E-state index contributed by atoms with van der Waals surface area (Å²) >= 11 is 16.6. The average Bonchev–Trinajstić information content (AvgIpc) is 2.36. The van der Waals surface area contributed by atoms with Crippen molar-refractivity contribution in [3.8, 4) is 0 Å². The fourth-order valence-corrected chi connectivity index (χ4v) is 2.02. The largest absolute Gasteiger partial charge is 0.443 e. The topological polar surface area (TPSA) is 26.3 Å². The van der Waals surface area contributed by atoms with Crippen LogP contribution in [-0.2, 0) is 9.53 Å². The molecule has 0 aromatic heterocycles. The van der Waals surface area contributed by atoms with Crippen LogP contribution in [0.3, 0.4) is 0 Å². The second kappa shape index (κ2) is 13.3. The zero-order valence-corrected chi connectivity index (χ0v) is 13.9. The molecule has 1 unspecified atom stereocenters. The number of carbonyl (C=O) groups is 1. The minimum absolute atomic E-state index is 0.325. The van der Waals surface area contributed by atoms with Crippen molar-refractivity contribution < 1.29 is 9.53 Å². The molecule has 114 valence electrons. The van der Waals surface area contributed by atoms with Gasteiger partial charge in [-0.2, -0.15) is 0 Å². The normalized spacial score (nSPS) is 12.7. The van der Waals surface area contributed by atoms with Crippen molar-refractivity contribution in [2.75, 3.05) is 0 Å². The number of halogens is 3. The van der Waals surface area contributed by atoms with Gasteiger partial charge in [-0.05, 0) is 6.42 Å². The molecular formula is C14H25Cl3O2. The lowest BCUT2D eigenvalue weighted by Gasteiger charge is -2.11. The summed E-state index contributed by atoms with van der Waals surface area (Å²) in [5.74, 6) is -0.325. The van der Waals surface area contributed by atoms with Crippen molar-refractivity contribution in [3.05, 3.63) is 0 Å². The van der Waals surface area contributed by atoms with Crippen LogP contribution in [-0.4, -0.2) is 16.4 Å². The molecular weight excluding hydrogens is 307 g/mol. The third kappa shape index (κ3) is 13.1. The lowest BCUT2D eigenvalue weighted by Crippen LogP contribution is -2.18. The Kier molecular flexibility index (Phi) is 13.6. The second-order valence-electron chi connectivity index (χ2n) is 4.75. The molecule has 0 saturated carbocycles. The number of unbranched alkanes of at least 4 members (excludes halogenated alkanes) is 8. The van der Waals surface area contributed by atoms with Crippen LogP contribution in [0.4, 0.5) is 0 Å². The lowest BCUT2D eigenvalue weighted by atomic mass is 10.1. The zero-order valence-electron chi connectivity index (χ0n) is 11.7. The Morgan fingerprint density at radius 2 is 1.37 bits per heavy atom. The van der Waals surface area contributed by atoms with Gasteiger partial charge in [-0.25, -0.2) is 0 Å². The van der Waals surface area contributed by atoms with E-state index in [1.165, 1.54) is 44.9 Å². The quantitative estimate of drug-likeness (QED) is 0.256. The van der Waals surface area contributed by atoms with E-state index in [-0.39, 0.29) is 5.97 Å². The van der Waals surface area contributed by atoms with Gasteiger partial charge in [0.25, 0.3) is 0 Å². The molecule has 0 radical (unpaired) electrons. The van der Waals surface area contributed by atoms with Crippen LogP contribution in [0.15, 0.2) is 0 Å². The van der Waals surface area contributed by atoms with Gasteiger partial charge >= 0.3 is 5.97 Å². The number of ether oxygens (including phenoxy) is 1. The number of carbonyl (C=O) groups excluding carboxylic acids is 1. The molecule has 2 nitrogen and oxygen atoms in total. The zero-order chi connectivity index (χ0) is 14.5. The molecule has 0 aliphatic rings. The van der Waals surface area contributed by atoms with Gasteiger partial charge in [-0.1, -0.05) is 93.1 Å². The maximum Gasteiger partial charge on any atom is 0.307 e. The van der Waals surface area contributed by atoms with Crippen molar-refractivity contribution in [1.29, 1.82) is 0 Å². The first-order valence-electron chi connectivity index (χ1n) is 7.19. The van der Waals surface area contributed by atoms with Gasteiger partial charge in [0, 0.05) is 6.42 Å². The Balaban J connectivity index is 3.27. The van der Waals surface area contributed by atoms with E-state index in [1.807, 2.05) is 0 Å². The van der Waals surface area contributed by atoms with Crippen LogP contribution in [0.1, 0.15) is 71.1 Å². The summed E-state index contributed by atoms with van der Waals surface area (Å²) in [6.07, 6.45) is 11.3. The van der Waals surface area contributed by atoms with Gasteiger partial charge in [-0.15, -0.1) is 0 Å². The SMILES string of the molecule is CCCCCCCCCCCC(=O)OC(Cl)C(Cl)Cl. The number of hydrogen-bond donors (Lipinski definition) is 0. The highest BCUT2D eigenvalue weighted by Gasteiger charge is 2.17. The Morgan fingerprint density at radius 1 is 0.895 bits per heavy atom. The van der Waals surface area contributed by atoms with Crippen LogP contribution in [0.5, 0.6) is 0 Å². The maximum absolute atomic E-state index is 11.3. The summed E-state index contributed by atoms with van der Waals surface area (Å²) in [5, 5.41) is 0. The van der Waals surface area contributed by atoms with E-state index in [4.69, 9.17) is 39.5 Å². The molecule has 0 amide bonds.